The number of carbonyl (C=O) groups excluding carboxylic acids is 2. The van der Waals surface area contributed by atoms with Gasteiger partial charge in [0.05, 0.1) is 24.4 Å². The van der Waals surface area contributed by atoms with Crippen molar-refractivity contribution in [3.05, 3.63) is 29.6 Å². The zero-order valence-electron chi connectivity index (χ0n) is 10.5. The summed E-state index contributed by atoms with van der Waals surface area (Å²) in [6, 6.07) is 3.25. The number of anilines is 1. The van der Waals surface area contributed by atoms with Gasteiger partial charge in [0.1, 0.15) is 5.82 Å². The van der Waals surface area contributed by atoms with Crippen LogP contribution in [0.4, 0.5) is 10.1 Å². The minimum Gasteiger partial charge on any atom is -0.465 e. The first-order valence-corrected chi connectivity index (χ1v) is 6.04. The molecule has 1 fully saturated rings. The van der Waals surface area contributed by atoms with Crippen LogP contribution in [0.1, 0.15) is 23.2 Å². The molecular weight excluding hydrogens is 251 g/mol. The number of rotatable bonds is 3. The molecule has 1 aromatic rings. The highest BCUT2D eigenvalue weighted by Gasteiger charge is 2.23. The molecule has 1 aromatic carbocycles. The number of halogens is 1. The van der Waals surface area contributed by atoms with Crippen LogP contribution in [-0.4, -0.2) is 31.6 Å². The Labute approximate surface area is 110 Å². The first kappa shape index (κ1) is 13.5. The van der Waals surface area contributed by atoms with Crippen molar-refractivity contribution in [2.24, 2.45) is 0 Å². The zero-order valence-corrected chi connectivity index (χ0v) is 10.5. The molecule has 0 spiro atoms. The third kappa shape index (κ3) is 3.08. The normalized spacial score (nSPS) is 18.1. The van der Waals surface area contributed by atoms with Gasteiger partial charge in [0.15, 0.2) is 0 Å². The van der Waals surface area contributed by atoms with E-state index in [0.717, 1.165) is 31.5 Å². The minimum absolute atomic E-state index is 0.130. The van der Waals surface area contributed by atoms with E-state index in [-0.39, 0.29) is 23.2 Å². The molecule has 19 heavy (non-hydrogen) atoms. The Bertz CT molecular complexity index is 499. The lowest BCUT2D eigenvalue weighted by atomic mass is 10.1. The summed E-state index contributed by atoms with van der Waals surface area (Å²) in [5.74, 6) is -1.41. The first-order valence-electron chi connectivity index (χ1n) is 6.04. The molecule has 5 nitrogen and oxygen atoms in total. The van der Waals surface area contributed by atoms with E-state index in [4.69, 9.17) is 0 Å². The standard InChI is InChI=1S/C13H15FN2O3/c1-19-13(18)9-5-4-8(14)7-11(9)16-12(17)10-3-2-6-15-10/h4-5,7,10,15H,2-3,6H2,1H3,(H,16,17)/t10-/m0/s1. The van der Waals surface area contributed by atoms with E-state index in [0.29, 0.717) is 0 Å². The molecule has 0 bridgehead atoms. The molecule has 2 N–H and O–H groups in total. The second-order valence-corrected chi connectivity index (χ2v) is 4.32. The van der Waals surface area contributed by atoms with Crippen LogP contribution in [0.3, 0.4) is 0 Å². The average Bonchev–Trinajstić information content (AvgIpc) is 2.92. The lowest BCUT2D eigenvalue weighted by Crippen LogP contribution is -2.35. The first-order chi connectivity index (χ1) is 9.11. The lowest BCUT2D eigenvalue weighted by Gasteiger charge is -2.13. The molecule has 0 unspecified atom stereocenters. The van der Waals surface area contributed by atoms with Crippen LogP contribution < -0.4 is 10.6 Å². The molecule has 1 aliphatic heterocycles. The average molecular weight is 266 g/mol. The fourth-order valence-corrected chi connectivity index (χ4v) is 2.04. The van der Waals surface area contributed by atoms with E-state index in [1.54, 1.807) is 0 Å². The Kier molecular flexibility index (Phi) is 4.11. The molecule has 1 heterocycles. The SMILES string of the molecule is COC(=O)c1ccc(F)cc1NC(=O)[C@@H]1CCCN1. The van der Waals surface area contributed by atoms with Gasteiger partial charge >= 0.3 is 5.97 Å². The van der Waals surface area contributed by atoms with E-state index >= 15 is 0 Å². The Balaban J connectivity index is 2.20. The van der Waals surface area contributed by atoms with Crippen molar-refractivity contribution in [2.75, 3.05) is 19.0 Å². The molecule has 0 saturated carbocycles. The van der Waals surface area contributed by atoms with Crippen LogP contribution in [0.15, 0.2) is 18.2 Å². The van der Waals surface area contributed by atoms with E-state index in [9.17, 15) is 14.0 Å². The molecule has 1 aliphatic rings. The zero-order chi connectivity index (χ0) is 13.8. The number of nitrogens with one attached hydrogen (secondary N) is 2. The van der Waals surface area contributed by atoms with Gasteiger partial charge in [-0.25, -0.2) is 9.18 Å². The van der Waals surface area contributed by atoms with Crippen LogP contribution in [0.5, 0.6) is 0 Å². The van der Waals surface area contributed by atoms with Crippen LogP contribution in [0.25, 0.3) is 0 Å². The van der Waals surface area contributed by atoms with Gasteiger partial charge in [-0.2, -0.15) is 0 Å². The molecule has 1 atom stereocenters. The highest BCUT2D eigenvalue weighted by molar-refractivity contribution is 6.02. The summed E-state index contributed by atoms with van der Waals surface area (Å²) in [6.07, 6.45) is 1.65. The highest BCUT2D eigenvalue weighted by Crippen LogP contribution is 2.19. The molecule has 102 valence electrons. The third-order valence-electron chi connectivity index (χ3n) is 3.02. The van der Waals surface area contributed by atoms with Gasteiger partial charge in [-0.1, -0.05) is 0 Å². The molecule has 6 heteroatoms. The largest absolute Gasteiger partial charge is 0.465 e. The summed E-state index contributed by atoms with van der Waals surface area (Å²) in [5.41, 5.74) is 0.265. The van der Waals surface area contributed by atoms with Crippen molar-refractivity contribution in [3.63, 3.8) is 0 Å². The number of methoxy groups -OCH3 is 1. The molecule has 1 amide bonds. The van der Waals surface area contributed by atoms with Gasteiger partial charge in [-0.15, -0.1) is 0 Å². The van der Waals surface area contributed by atoms with Crippen molar-refractivity contribution < 1.29 is 18.7 Å². The monoisotopic (exact) mass is 266 g/mol. The number of amides is 1. The van der Waals surface area contributed by atoms with Crippen molar-refractivity contribution in [1.82, 2.24) is 5.32 Å². The van der Waals surface area contributed by atoms with Gasteiger partial charge in [0, 0.05) is 0 Å². The van der Waals surface area contributed by atoms with Crippen LogP contribution >= 0.6 is 0 Å². The smallest absolute Gasteiger partial charge is 0.339 e. The number of carbonyl (C=O) groups is 2. The van der Waals surface area contributed by atoms with Gasteiger partial charge in [-0.3, -0.25) is 4.79 Å². The maximum absolute atomic E-state index is 13.2. The fraction of sp³-hybridized carbons (Fsp3) is 0.385. The number of esters is 1. The Morgan fingerprint density at radius 1 is 1.47 bits per heavy atom. The van der Waals surface area contributed by atoms with E-state index in [1.807, 2.05) is 0 Å². The highest BCUT2D eigenvalue weighted by atomic mass is 19.1. The second kappa shape index (κ2) is 5.79. The summed E-state index contributed by atoms with van der Waals surface area (Å²) in [6.45, 7) is 0.783. The van der Waals surface area contributed by atoms with Crippen molar-refractivity contribution in [2.45, 2.75) is 18.9 Å². The summed E-state index contributed by atoms with van der Waals surface area (Å²) in [5, 5.41) is 5.60. The van der Waals surface area contributed by atoms with Crippen LogP contribution in [0.2, 0.25) is 0 Å². The quantitative estimate of drug-likeness (QED) is 0.809. The summed E-state index contributed by atoms with van der Waals surface area (Å²) < 4.78 is 17.8. The Morgan fingerprint density at radius 3 is 2.89 bits per heavy atom. The predicted molar refractivity (Wildman–Crippen MR) is 67.4 cm³/mol. The molecule has 0 aliphatic carbocycles. The number of hydrogen-bond acceptors (Lipinski definition) is 4. The number of hydrogen-bond donors (Lipinski definition) is 2. The Hall–Kier alpha value is -1.95. The fourth-order valence-electron chi connectivity index (χ4n) is 2.04. The van der Waals surface area contributed by atoms with Crippen LogP contribution in [0, 0.1) is 5.82 Å². The second-order valence-electron chi connectivity index (χ2n) is 4.32. The van der Waals surface area contributed by atoms with Crippen molar-refractivity contribution >= 4 is 17.6 Å². The predicted octanol–water partition coefficient (Wildman–Crippen LogP) is 1.30. The third-order valence-corrected chi connectivity index (χ3v) is 3.02. The van der Waals surface area contributed by atoms with Gasteiger partial charge < -0.3 is 15.4 Å². The van der Waals surface area contributed by atoms with Crippen LogP contribution in [-0.2, 0) is 9.53 Å². The maximum atomic E-state index is 13.2. The number of benzene rings is 1. The van der Waals surface area contributed by atoms with Gasteiger partial charge in [0.2, 0.25) is 5.91 Å². The van der Waals surface area contributed by atoms with E-state index in [2.05, 4.69) is 15.4 Å². The lowest BCUT2D eigenvalue weighted by molar-refractivity contribution is -0.117. The molecule has 1 saturated heterocycles. The van der Waals surface area contributed by atoms with E-state index < -0.39 is 11.8 Å². The molecular formula is C13H15FN2O3. The minimum atomic E-state index is -0.616. The summed E-state index contributed by atoms with van der Waals surface area (Å²) in [7, 11) is 1.23. The van der Waals surface area contributed by atoms with Crippen molar-refractivity contribution in [3.8, 4) is 0 Å². The van der Waals surface area contributed by atoms with Gasteiger partial charge in [-0.05, 0) is 37.6 Å². The molecule has 0 radical (unpaired) electrons. The topological polar surface area (TPSA) is 67.4 Å². The summed E-state index contributed by atoms with van der Waals surface area (Å²) >= 11 is 0. The summed E-state index contributed by atoms with van der Waals surface area (Å²) in [4.78, 5) is 23.5. The maximum Gasteiger partial charge on any atom is 0.339 e. The van der Waals surface area contributed by atoms with Crippen molar-refractivity contribution in [1.29, 1.82) is 0 Å². The molecule has 0 aromatic heterocycles. The Morgan fingerprint density at radius 2 is 2.26 bits per heavy atom. The van der Waals surface area contributed by atoms with E-state index in [1.165, 1.54) is 13.2 Å². The molecule has 2 rings (SSSR count). The number of ether oxygens (including phenoxy) is 1. The van der Waals surface area contributed by atoms with Gasteiger partial charge in [0.25, 0.3) is 0 Å².